The second-order valence-corrected chi connectivity index (χ2v) is 4.98. The van der Waals surface area contributed by atoms with Gasteiger partial charge in [-0.05, 0) is 40.9 Å². The van der Waals surface area contributed by atoms with Crippen molar-refractivity contribution in [1.29, 1.82) is 5.26 Å². The zero-order valence-electron chi connectivity index (χ0n) is 8.24. The molecule has 0 radical (unpaired) electrons. The smallest absolute Gasteiger partial charge is 0.264 e. The molecule has 0 N–H and O–H groups in total. The van der Waals surface area contributed by atoms with E-state index in [1.807, 2.05) is 6.07 Å². The number of aromatic nitrogens is 1. The van der Waals surface area contributed by atoms with Gasteiger partial charge in [-0.25, -0.2) is 0 Å². The molecule has 78 valence electrons. The molecule has 1 saturated carbocycles. The van der Waals surface area contributed by atoms with Crippen LogP contribution in [0.25, 0.3) is 0 Å². The number of nitrogens with zero attached hydrogens (tertiary/aromatic N) is 2. The van der Waals surface area contributed by atoms with Gasteiger partial charge in [-0.2, -0.15) is 5.26 Å². The summed E-state index contributed by atoms with van der Waals surface area (Å²) < 4.78 is 2.27. The molecule has 0 saturated heterocycles. The topological polar surface area (TPSA) is 45.8 Å². The van der Waals surface area contributed by atoms with E-state index in [-0.39, 0.29) is 11.0 Å². The number of nitriles is 1. The predicted octanol–water partition coefficient (Wildman–Crippen LogP) is 2.30. The molecule has 0 aliphatic heterocycles. The summed E-state index contributed by atoms with van der Waals surface area (Å²) >= 11 is 3.21. The highest BCUT2D eigenvalue weighted by molar-refractivity contribution is 9.10. The van der Waals surface area contributed by atoms with Crippen LogP contribution in [0.5, 0.6) is 0 Å². The lowest BCUT2D eigenvalue weighted by Gasteiger charge is -2.13. The minimum atomic E-state index is -0.0123. The molecular formula is C11H11BrN2O. The summed E-state index contributed by atoms with van der Waals surface area (Å²) in [6.07, 6.45) is 4.44. The molecule has 1 aliphatic carbocycles. The van der Waals surface area contributed by atoms with E-state index in [0.29, 0.717) is 17.4 Å². The molecule has 0 bridgehead atoms. The maximum atomic E-state index is 11.7. The average Bonchev–Trinajstić information content (AvgIpc) is 2.94. The number of hydrogen-bond donors (Lipinski definition) is 0. The highest BCUT2D eigenvalue weighted by Crippen LogP contribution is 2.49. The summed E-state index contributed by atoms with van der Waals surface area (Å²) in [4.78, 5) is 11.7. The molecule has 15 heavy (non-hydrogen) atoms. The largest absolute Gasteiger partial charge is 0.314 e. The van der Waals surface area contributed by atoms with Gasteiger partial charge in [-0.15, -0.1) is 0 Å². The molecule has 2 rings (SSSR count). The summed E-state index contributed by atoms with van der Waals surface area (Å²) in [5.74, 6) is 0. The van der Waals surface area contributed by atoms with Crippen molar-refractivity contribution in [3.05, 3.63) is 33.2 Å². The van der Waals surface area contributed by atoms with Gasteiger partial charge in [0, 0.05) is 24.6 Å². The first-order valence-corrected chi connectivity index (χ1v) is 5.68. The van der Waals surface area contributed by atoms with Crippen LogP contribution in [0.2, 0.25) is 0 Å². The summed E-state index contributed by atoms with van der Waals surface area (Å²) in [7, 11) is 0. The maximum Gasteiger partial charge on any atom is 0.264 e. The van der Waals surface area contributed by atoms with Gasteiger partial charge in [0.1, 0.15) is 0 Å². The van der Waals surface area contributed by atoms with Crippen molar-refractivity contribution in [3.8, 4) is 6.07 Å². The van der Waals surface area contributed by atoms with E-state index in [1.54, 1.807) is 16.8 Å². The predicted molar refractivity (Wildman–Crippen MR) is 60.3 cm³/mol. The number of pyridine rings is 1. The minimum absolute atomic E-state index is 0.0123. The molecule has 4 heteroatoms. The summed E-state index contributed by atoms with van der Waals surface area (Å²) in [6.45, 7) is 0.666. The first-order chi connectivity index (χ1) is 7.17. The Morgan fingerprint density at radius 3 is 2.93 bits per heavy atom. The molecular weight excluding hydrogens is 256 g/mol. The third-order valence-corrected chi connectivity index (χ3v) is 3.49. The Kier molecular flexibility index (Phi) is 2.66. The number of hydrogen-bond acceptors (Lipinski definition) is 2. The lowest BCUT2D eigenvalue weighted by molar-refractivity contribution is 0.423. The van der Waals surface area contributed by atoms with Crippen molar-refractivity contribution in [3.63, 3.8) is 0 Å². The van der Waals surface area contributed by atoms with Crippen LogP contribution in [0, 0.1) is 16.7 Å². The molecule has 0 spiro atoms. The van der Waals surface area contributed by atoms with Gasteiger partial charge in [0.05, 0.1) is 10.5 Å². The van der Waals surface area contributed by atoms with Crippen molar-refractivity contribution in [2.75, 3.05) is 0 Å². The Hall–Kier alpha value is -1.08. The molecule has 1 aliphatic rings. The van der Waals surface area contributed by atoms with Gasteiger partial charge < -0.3 is 4.57 Å². The van der Waals surface area contributed by atoms with Crippen molar-refractivity contribution in [2.24, 2.45) is 5.41 Å². The van der Waals surface area contributed by atoms with Gasteiger partial charge >= 0.3 is 0 Å². The van der Waals surface area contributed by atoms with E-state index in [9.17, 15) is 4.79 Å². The van der Waals surface area contributed by atoms with E-state index in [2.05, 4.69) is 22.0 Å². The molecule has 0 amide bonds. The van der Waals surface area contributed by atoms with E-state index in [1.165, 1.54) is 0 Å². The standard InChI is InChI=1S/C11H11BrN2O/c12-9-2-1-7-14(10(9)15)8-11(3-4-11)5-6-13/h1-2,7H,3-5,8H2. The highest BCUT2D eigenvalue weighted by atomic mass is 79.9. The molecule has 0 atom stereocenters. The molecule has 1 heterocycles. The van der Waals surface area contributed by atoms with Gasteiger partial charge in [0.2, 0.25) is 0 Å². The zero-order valence-corrected chi connectivity index (χ0v) is 9.83. The maximum absolute atomic E-state index is 11.7. The fraction of sp³-hybridized carbons (Fsp3) is 0.455. The van der Waals surface area contributed by atoms with Gasteiger partial charge in [0.15, 0.2) is 0 Å². The summed E-state index contributed by atoms with van der Waals surface area (Å²) in [5, 5.41) is 8.70. The number of rotatable bonds is 3. The van der Waals surface area contributed by atoms with Crippen LogP contribution in [-0.4, -0.2) is 4.57 Å². The second-order valence-electron chi connectivity index (χ2n) is 4.12. The Morgan fingerprint density at radius 1 is 1.60 bits per heavy atom. The van der Waals surface area contributed by atoms with Crippen LogP contribution >= 0.6 is 15.9 Å². The minimum Gasteiger partial charge on any atom is -0.314 e. The lowest BCUT2D eigenvalue weighted by Crippen LogP contribution is -2.24. The van der Waals surface area contributed by atoms with Crippen molar-refractivity contribution in [1.82, 2.24) is 4.57 Å². The highest BCUT2D eigenvalue weighted by Gasteiger charge is 2.42. The molecule has 0 aromatic carbocycles. The third kappa shape index (κ3) is 2.13. The van der Waals surface area contributed by atoms with E-state index >= 15 is 0 Å². The average molecular weight is 267 g/mol. The van der Waals surface area contributed by atoms with Gasteiger partial charge in [-0.3, -0.25) is 4.79 Å². The Balaban J connectivity index is 2.22. The summed E-state index contributed by atoms with van der Waals surface area (Å²) in [6, 6.07) is 5.78. The molecule has 1 fully saturated rings. The summed E-state index contributed by atoms with van der Waals surface area (Å²) in [5.41, 5.74) is 0.0565. The number of halogens is 1. The van der Waals surface area contributed by atoms with Gasteiger partial charge in [0.25, 0.3) is 5.56 Å². The van der Waals surface area contributed by atoms with E-state index in [0.717, 1.165) is 12.8 Å². The fourth-order valence-corrected chi connectivity index (χ4v) is 2.11. The van der Waals surface area contributed by atoms with Gasteiger partial charge in [-0.1, -0.05) is 0 Å². The zero-order chi connectivity index (χ0) is 10.9. The lowest BCUT2D eigenvalue weighted by atomic mass is 10.0. The molecule has 0 unspecified atom stereocenters. The molecule has 3 nitrogen and oxygen atoms in total. The SMILES string of the molecule is N#CCC1(Cn2cccc(Br)c2=O)CC1. The van der Waals surface area contributed by atoms with Crippen molar-refractivity contribution in [2.45, 2.75) is 25.8 Å². The quantitative estimate of drug-likeness (QED) is 0.843. The van der Waals surface area contributed by atoms with Crippen LogP contribution < -0.4 is 5.56 Å². The Bertz CT molecular complexity index is 468. The van der Waals surface area contributed by atoms with Crippen LogP contribution in [0.4, 0.5) is 0 Å². The normalized spacial score (nSPS) is 17.1. The fourth-order valence-electron chi connectivity index (χ4n) is 1.73. The van der Waals surface area contributed by atoms with Crippen LogP contribution in [0.1, 0.15) is 19.3 Å². The second kappa shape index (κ2) is 3.82. The monoisotopic (exact) mass is 266 g/mol. The first kappa shape index (κ1) is 10.4. The Morgan fingerprint density at radius 2 is 2.33 bits per heavy atom. The van der Waals surface area contributed by atoms with Crippen LogP contribution in [0.3, 0.4) is 0 Å². The molecule has 1 aromatic heterocycles. The van der Waals surface area contributed by atoms with Crippen molar-refractivity contribution < 1.29 is 0 Å². The Labute approximate surface area is 96.5 Å². The van der Waals surface area contributed by atoms with Crippen LogP contribution in [-0.2, 0) is 6.54 Å². The first-order valence-electron chi connectivity index (χ1n) is 4.89. The molecule has 1 aromatic rings. The van der Waals surface area contributed by atoms with Crippen LogP contribution in [0.15, 0.2) is 27.6 Å². The van der Waals surface area contributed by atoms with Crippen molar-refractivity contribution >= 4 is 15.9 Å². The third-order valence-electron chi connectivity index (χ3n) is 2.89. The van der Waals surface area contributed by atoms with E-state index in [4.69, 9.17) is 5.26 Å². The van der Waals surface area contributed by atoms with E-state index < -0.39 is 0 Å².